The van der Waals surface area contributed by atoms with E-state index >= 15 is 0 Å². The van der Waals surface area contributed by atoms with Gasteiger partial charge in [-0.1, -0.05) is 0 Å². The zero-order valence-corrected chi connectivity index (χ0v) is 9.46. The lowest BCUT2D eigenvalue weighted by Gasteiger charge is -2.38. The molecule has 16 heavy (non-hydrogen) atoms. The van der Waals surface area contributed by atoms with Gasteiger partial charge in [0.1, 0.15) is 6.61 Å². The van der Waals surface area contributed by atoms with Gasteiger partial charge in [0.05, 0.1) is 5.60 Å². The number of hydrogen-bond acceptors (Lipinski definition) is 4. The number of nitrogens with one attached hydrogen (secondary N) is 3. The van der Waals surface area contributed by atoms with Gasteiger partial charge in [0.2, 0.25) is 0 Å². The molecule has 1 aliphatic heterocycles. The Morgan fingerprint density at radius 3 is 2.94 bits per heavy atom. The van der Waals surface area contributed by atoms with E-state index in [9.17, 15) is 4.79 Å². The Labute approximate surface area is 93.8 Å². The number of ether oxygens (including phenoxy) is 1. The van der Waals surface area contributed by atoms with Crippen molar-refractivity contribution in [2.75, 3.05) is 25.0 Å². The smallest absolute Gasteiger partial charge is 0.251 e. The molecule has 3 N–H and O–H groups in total. The van der Waals surface area contributed by atoms with E-state index in [-0.39, 0.29) is 18.1 Å². The van der Waals surface area contributed by atoms with Crippen LogP contribution in [0.15, 0.2) is 6.07 Å². The highest BCUT2D eigenvalue weighted by Gasteiger charge is 2.32. The summed E-state index contributed by atoms with van der Waals surface area (Å²) in [4.78, 5) is 11.5. The van der Waals surface area contributed by atoms with Crippen LogP contribution in [0.2, 0.25) is 0 Å². The van der Waals surface area contributed by atoms with Crippen LogP contribution in [0.1, 0.15) is 12.6 Å². The molecule has 2 heterocycles. The number of aryl methyl sites for hydroxylation is 1. The summed E-state index contributed by atoms with van der Waals surface area (Å²) in [5, 5.41) is 12.4. The quantitative estimate of drug-likeness (QED) is 0.674. The molecule has 6 nitrogen and oxygen atoms in total. The molecule has 0 aliphatic carbocycles. The van der Waals surface area contributed by atoms with Gasteiger partial charge in [0.15, 0.2) is 5.82 Å². The van der Waals surface area contributed by atoms with Crippen LogP contribution in [-0.4, -0.2) is 41.4 Å². The molecule has 0 atom stereocenters. The number of anilines is 1. The van der Waals surface area contributed by atoms with Gasteiger partial charge in [0, 0.05) is 24.8 Å². The molecular formula is C10H16N4O2. The molecule has 1 aliphatic rings. The van der Waals surface area contributed by atoms with E-state index in [0.717, 1.165) is 18.8 Å². The average Bonchev–Trinajstić information content (AvgIpc) is 2.58. The van der Waals surface area contributed by atoms with Crippen LogP contribution in [-0.2, 0) is 9.53 Å². The van der Waals surface area contributed by atoms with Crippen molar-refractivity contribution in [2.45, 2.75) is 19.4 Å². The molecule has 88 valence electrons. The molecule has 6 heteroatoms. The third kappa shape index (κ3) is 2.59. The minimum absolute atomic E-state index is 0.0596. The molecule has 1 aromatic heterocycles. The van der Waals surface area contributed by atoms with Crippen LogP contribution >= 0.6 is 0 Å². The summed E-state index contributed by atoms with van der Waals surface area (Å²) in [6, 6.07) is 1.77. The summed E-state index contributed by atoms with van der Waals surface area (Å²) < 4.78 is 5.49. The highest BCUT2D eigenvalue weighted by atomic mass is 16.5. The van der Waals surface area contributed by atoms with Gasteiger partial charge >= 0.3 is 0 Å². The highest BCUT2D eigenvalue weighted by molar-refractivity contribution is 5.90. The maximum Gasteiger partial charge on any atom is 0.251 e. The summed E-state index contributed by atoms with van der Waals surface area (Å²) >= 11 is 0. The maximum absolute atomic E-state index is 11.5. The average molecular weight is 224 g/mol. The first-order chi connectivity index (χ1) is 7.57. The largest absolute Gasteiger partial charge is 0.363 e. The van der Waals surface area contributed by atoms with Crippen molar-refractivity contribution in [3.05, 3.63) is 11.8 Å². The lowest BCUT2D eigenvalue weighted by Crippen LogP contribution is -2.59. The number of carbonyl (C=O) groups excluding carboxylic acids is 1. The Hall–Kier alpha value is -1.40. The number of hydrogen-bond donors (Lipinski definition) is 3. The number of amides is 1. The second kappa shape index (κ2) is 4.23. The predicted molar refractivity (Wildman–Crippen MR) is 59.2 cm³/mol. The Morgan fingerprint density at radius 1 is 1.69 bits per heavy atom. The van der Waals surface area contributed by atoms with Gasteiger partial charge in [-0.25, -0.2) is 0 Å². The first-order valence-corrected chi connectivity index (χ1v) is 5.24. The number of rotatable bonds is 4. The van der Waals surface area contributed by atoms with Crippen LogP contribution in [0, 0.1) is 6.92 Å². The van der Waals surface area contributed by atoms with Crippen LogP contribution in [0.5, 0.6) is 0 Å². The summed E-state index contributed by atoms with van der Waals surface area (Å²) in [7, 11) is 0. The van der Waals surface area contributed by atoms with Crippen molar-refractivity contribution in [1.29, 1.82) is 0 Å². The van der Waals surface area contributed by atoms with Gasteiger partial charge < -0.3 is 15.4 Å². The number of nitrogens with zero attached hydrogens (tertiary/aromatic N) is 1. The molecule has 2 rings (SSSR count). The minimum Gasteiger partial charge on any atom is -0.363 e. The third-order valence-electron chi connectivity index (χ3n) is 2.52. The van der Waals surface area contributed by atoms with Gasteiger partial charge in [0.25, 0.3) is 5.91 Å². The highest BCUT2D eigenvalue weighted by Crippen LogP contribution is 2.14. The van der Waals surface area contributed by atoms with E-state index in [1.165, 1.54) is 0 Å². The standard InChI is InChI=1S/C10H16N4O2/c1-7-3-8(14-13-7)12-9(15)4-16-10(2)5-11-6-10/h3,11H,4-6H2,1-2H3,(H2,12,13,14,15). The normalized spacial score (nSPS) is 17.9. The van der Waals surface area contributed by atoms with Gasteiger partial charge in [-0.15, -0.1) is 0 Å². The molecule has 0 aromatic carbocycles. The predicted octanol–water partition coefficient (Wildman–Crippen LogP) is 0.0351. The zero-order chi connectivity index (χ0) is 11.6. The molecule has 0 radical (unpaired) electrons. The summed E-state index contributed by atoms with van der Waals surface area (Å²) in [6.45, 7) is 5.50. The number of H-pyrrole nitrogens is 1. The summed E-state index contributed by atoms with van der Waals surface area (Å²) in [6.07, 6.45) is 0. The fourth-order valence-electron chi connectivity index (χ4n) is 1.48. The third-order valence-corrected chi connectivity index (χ3v) is 2.52. The van der Waals surface area contributed by atoms with E-state index in [4.69, 9.17) is 4.74 Å². The fourth-order valence-corrected chi connectivity index (χ4v) is 1.48. The van der Waals surface area contributed by atoms with Crippen molar-refractivity contribution in [1.82, 2.24) is 15.5 Å². The van der Waals surface area contributed by atoms with Crippen LogP contribution in [0.3, 0.4) is 0 Å². The molecule has 1 aromatic rings. The number of carbonyl (C=O) groups is 1. The first kappa shape index (κ1) is 11.1. The first-order valence-electron chi connectivity index (χ1n) is 5.24. The monoisotopic (exact) mass is 224 g/mol. The Balaban J connectivity index is 1.76. The second-order valence-corrected chi connectivity index (χ2v) is 4.33. The zero-order valence-electron chi connectivity index (χ0n) is 9.46. The molecule has 1 saturated heterocycles. The Bertz CT molecular complexity index is 384. The molecule has 0 unspecified atom stereocenters. The number of aromatic nitrogens is 2. The van der Waals surface area contributed by atoms with Crippen molar-refractivity contribution >= 4 is 11.7 Å². The van der Waals surface area contributed by atoms with E-state index in [1.807, 2.05) is 13.8 Å². The molecular weight excluding hydrogens is 208 g/mol. The van der Waals surface area contributed by atoms with E-state index in [1.54, 1.807) is 6.07 Å². The minimum atomic E-state index is -0.196. The SMILES string of the molecule is Cc1cc(NC(=O)COC2(C)CNC2)n[nH]1. The van der Waals surface area contributed by atoms with E-state index in [2.05, 4.69) is 20.8 Å². The van der Waals surface area contributed by atoms with Crippen molar-refractivity contribution in [2.24, 2.45) is 0 Å². The number of aromatic amines is 1. The van der Waals surface area contributed by atoms with Gasteiger partial charge in [-0.3, -0.25) is 9.89 Å². The topological polar surface area (TPSA) is 79.0 Å². The van der Waals surface area contributed by atoms with Crippen molar-refractivity contribution in [3.8, 4) is 0 Å². The molecule has 1 fully saturated rings. The second-order valence-electron chi connectivity index (χ2n) is 4.33. The van der Waals surface area contributed by atoms with Gasteiger partial charge in [-0.05, 0) is 13.8 Å². The van der Waals surface area contributed by atoms with E-state index < -0.39 is 0 Å². The van der Waals surface area contributed by atoms with Crippen LogP contribution in [0.25, 0.3) is 0 Å². The molecule has 0 spiro atoms. The van der Waals surface area contributed by atoms with Gasteiger partial charge in [-0.2, -0.15) is 5.10 Å². The van der Waals surface area contributed by atoms with Crippen molar-refractivity contribution in [3.63, 3.8) is 0 Å². The van der Waals surface area contributed by atoms with Crippen LogP contribution < -0.4 is 10.6 Å². The van der Waals surface area contributed by atoms with E-state index in [0.29, 0.717) is 5.82 Å². The molecule has 0 saturated carbocycles. The summed E-state index contributed by atoms with van der Waals surface area (Å²) in [5.74, 6) is 0.350. The fraction of sp³-hybridized carbons (Fsp3) is 0.600. The maximum atomic E-state index is 11.5. The van der Waals surface area contributed by atoms with Crippen LogP contribution in [0.4, 0.5) is 5.82 Å². The Kier molecular flexibility index (Phi) is 2.93. The molecule has 1 amide bonds. The summed E-state index contributed by atoms with van der Waals surface area (Å²) in [5.41, 5.74) is 0.713. The van der Waals surface area contributed by atoms with Crippen molar-refractivity contribution < 1.29 is 9.53 Å². The Morgan fingerprint density at radius 2 is 2.44 bits per heavy atom. The molecule has 0 bridgehead atoms. The lowest BCUT2D eigenvalue weighted by atomic mass is 10.0. The lowest BCUT2D eigenvalue weighted by molar-refractivity contribution is -0.130.